The van der Waals surface area contributed by atoms with Gasteiger partial charge in [0.25, 0.3) is 0 Å². The van der Waals surface area contributed by atoms with Gasteiger partial charge in [0.15, 0.2) is 10.9 Å². The van der Waals surface area contributed by atoms with E-state index in [1.165, 1.54) is 11.8 Å². The lowest BCUT2D eigenvalue weighted by molar-refractivity contribution is -0.113. The van der Waals surface area contributed by atoms with Crippen molar-refractivity contribution in [3.63, 3.8) is 0 Å². The summed E-state index contributed by atoms with van der Waals surface area (Å²) >= 11 is 7.31. The molecule has 0 bridgehead atoms. The number of halogens is 2. The minimum absolute atomic E-state index is 0. The SMILES string of the molecule is Cl.O=C(CSc1ncc[nH]1)Nc1ccc(Cl)cc1C(=O)c1ccccc1. The molecule has 5 nitrogen and oxygen atoms in total. The lowest BCUT2D eigenvalue weighted by Crippen LogP contribution is -2.17. The molecule has 0 atom stereocenters. The summed E-state index contributed by atoms with van der Waals surface area (Å²) in [5, 5.41) is 3.86. The van der Waals surface area contributed by atoms with Crippen LogP contribution in [-0.4, -0.2) is 27.4 Å². The highest BCUT2D eigenvalue weighted by Gasteiger charge is 2.16. The second kappa shape index (κ2) is 9.43. The number of aromatic amines is 1. The van der Waals surface area contributed by atoms with Gasteiger partial charge in [0.1, 0.15) is 0 Å². The summed E-state index contributed by atoms with van der Waals surface area (Å²) in [5.74, 6) is -0.252. The third-order valence-corrected chi connectivity index (χ3v) is 4.49. The van der Waals surface area contributed by atoms with Crippen molar-refractivity contribution in [1.82, 2.24) is 9.97 Å². The van der Waals surface area contributed by atoms with Crippen LogP contribution in [0.3, 0.4) is 0 Å². The molecule has 1 aromatic heterocycles. The highest BCUT2D eigenvalue weighted by atomic mass is 35.5. The Bertz CT molecular complexity index is 887. The predicted octanol–water partition coefficient (Wildman–Crippen LogP) is 4.45. The maximum absolute atomic E-state index is 12.7. The van der Waals surface area contributed by atoms with E-state index in [0.29, 0.717) is 27.0 Å². The number of benzene rings is 2. The Kier molecular flexibility index (Phi) is 7.26. The number of H-pyrrole nitrogens is 1. The van der Waals surface area contributed by atoms with Gasteiger partial charge in [-0.2, -0.15) is 0 Å². The van der Waals surface area contributed by atoms with E-state index in [9.17, 15) is 9.59 Å². The van der Waals surface area contributed by atoms with E-state index in [0.717, 1.165) is 0 Å². The molecule has 8 heteroatoms. The second-order valence-corrected chi connectivity index (χ2v) is 6.52. The zero-order valence-corrected chi connectivity index (χ0v) is 15.8. The van der Waals surface area contributed by atoms with Crippen molar-refractivity contribution in [3.8, 4) is 0 Å². The monoisotopic (exact) mass is 407 g/mol. The Morgan fingerprint density at radius 1 is 1.15 bits per heavy atom. The summed E-state index contributed by atoms with van der Waals surface area (Å²) < 4.78 is 0. The zero-order valence-electron chi connectivity index (χ0n) is 13.4. The largest absolute Gasteiger partial charge is 0.340 e. The van der Waals surface area contributed by atoms with Crippen molar-refractivity contribution in [2.24, 2.45) is 0 Å². The van der Waals surface area contributed by atoms with Gasteiger partial charge in [-0.1, -0.05) is 53.7 Å². The standard InChI is InChI=1S/C18H14ClN3O2S.ClH/c19-13-6-7-15(22-16(23)11-25-18-20-8-9-21-18)14(10-13)17(24)12-4-2-1-3-5-12;/h1-10H,11H2,(H,20,21)(H,22,23);1H. The Morgan fingerprint density at radius 2 is 1.92 bits per heavy atom. The number of carbonyl (C=O) groups excluding carboxylic acids is 2. The predicted molar refractivity (Wildman–Crippen MR) is 107 cm³/mol. The van der Waals surface area contributed by atoms with Crippen molar-refractivity contribution in [1.29, 1.82) is 0 Å². The van der Waals surface area contributed by atoms with Gasteiger partial charge in [0.2, 0.25) is 5.91 Å². The Balaban J connectivity index is 0.00000243. The molecule has 3 aromatic rings. The van der Waals surface area contributed by atoms with Crippen LogP contribution in [0.5, 0.6) is 0 Å². The Labute approximate surface area is 166 Å². The van der Waals surface area contributed by atoms with E-state index < -0.39 is 0 Å². The number of amides is 1. The minimum Gasteiger partial charge on any atom is -0.340 e. The molecule has 0 aliphatic rings. The van der Waals surface area contributed by atoms with Gasteiger partial charge in [-0.3, -0.25) is 9.59 Å². The topological polar surface area (TPSA) is 74.8 Å². The number of nitrogens with zero attached hydrogens (tertiary/aromatic N) is 1. The summed E-state index contributed by atoms with van der Waals surface area (Å²) in [6, 6.07) is 13.7. The second-order valence-electron chi connectivity index (χ2n) is 5.12. The molecule has 3 rings (SSSR count). The van der Waals surface area contributed by atoms with Gasteiger partial charge < -0.3 is 10.3 Å². The maximum Gasteiger partial charge on any atom is 0.234 e. The molecule has 0 saturated heterocycles. The molecular formula is C18H15Cl2N3O2S. The quantitative estimate of drug-likeness (QED) is 0.467. The Morgan fingerprint density at radius 3 is 2.62 bits per heavy atom. The number of thioether (sulfide) groups is 1. The van der Waals surface area contributed by atoms with E-state index in [2.05, 4.69) is 15.3 Å². The number of anilines is 1. The van der Waals surface area contributed by atoms with Crippen LogP contribution in [0.25, 0.3) is 0 Å². The molecule has 0 fully saturated rings. The number of imidazole rings is 1. The molecule has 0 spiro atoms. The van der Waals surface area contributed by atoms with E-state index >= 15 is 0 Å². The van der Waals surface area contributed by atoms with Gasteiger partial charge in [0, 0.05) is 28.5 Å². The average molecular weight is 408 g/mol. The van der Waals surface area contributed by atoms with Gasteiger partial charge in [-0.25, -0.2) is 4.98 Å². The molecule has 1 heterocycles. The third-order valence-electron chi connectivity index (χ3n) is 3.35. The highest BCUT2D eigenvalue weighted by molar-refractivity contribution is 7.99. The third kappa shape index (κ3) is 5.11. The first kappa shape index (κ1) is 20.0. The van der Waals surface area contributed by atoms with Crippen LogP contribution in [0, 0.1) is 0 Å². The van der Waals surface area contributed by atoms with Crippen LogP contribution in [0.4, 0.5) is 5.69 Å². The normalized spacial score (nSPS) is 10.0. The fourth-order valence-corrected chi connectivity index (χ4v) is 3.01. The molecule has 26 heavy (non-hydrogen) atoms. The lowest BCUT2D eigenvalue weighted by Gasteiger charge is -2.11. The summed E-state index contributed by atoms with van der Waals surface area (Å²) in [6.07, 6.45) is 3.31. The van der Waals surface area contributed by atoms with E-state index in [-0.39, 0.29) is 29.9 Å². The number of aromatic nitrogens is 2. The van der Waals surface area contributed by atoms with Crippen LogP contribution in [0.2, 0.25) is 5.02 Å². The minimum atomic E-state index is -0.231. The summed E-state index contributed by atoms with van der Waals surface area (Å²) in [4.78, 5) is 31.9. The fraction of sp³-hybridized carbons (Fsp3) is 0.0556. The van der Waals surface area contributed by atoms with E-state index in [1.54, 1.807) is 54.9 Å². The van der Waals surface area contributed by atoms with E-state index in [1.807, 2.05) is 6.07 Å². The molecule has 0 radical (unpaired) electrons. The molecule has 2 N–H and O–H groups in total. The number of rotatable bonds is 6. The van der Waals surface area contributed by atoms with Gasteiger partial charge in [-0.15, -0.1) is 12.4 Å². The average Bonchev–Trinajstić information content (AvgIpc) is 3.15. The lowest BCUT2D eigenvalue weighted by atomic mass is 10.0. The van der Waals surface area contributed by atoms with Crippen molar-refractivity contribution in [2.75, 3.05) is 11.1 Å². The smallest absolute Gasteiger partial charge is 0.234 e. The number of nitrogens with one attached hydrogen (secondary N) is 2. The first-order valence-corrected chi connectivity index (χ1v) is 8.81. The number of hydrogen-bond donors (Lipinski definition) is 2. The first-order chi connectivity index (χ1) is 12.1. The van der Waals surface area contributed by atoms with Crippen molar-refractivity contribution < 1.29 is 9.59 Å². The van der Waals surface area contributed by atoms with E-state index in [4.69, 9.17) is 11.6 Å². The molecule has 0 aliphatic carbocycles. The molecule has 134 valence electrons. The highest BCUT2D eigenvalue weighted by Crippen LogP contribution is 2.24. The molecule has 0 unspecified atom stereocenters. The first-order valence-electron chi connectivity index (χ1n) is 7.45. The number of hydrogen-bond acceptors (Lipinski definition) is 4. The van der Waals surface area contributed by atoms with Crippen molar-refractivity contribution >= 4 is 53.1 Å². The van der Waals surface area contributed by atoms with Gasteiger partial charge >= 0.3 is 0 Å². The van der Waals surface area contributed by atoms with Crippen LogP contribution in [0.15, 0.2) is 66.1 Å². The van der Waals surface area contributed by atoms with Crippen molar-refractivity contribution in [3.05, 3.63) is 77.1 Å². The number of carbonyl (C=O) groups is 2. The Hall–Kier alpha value is -2.28. The molecule has 0 aliphatic heterocycles. The van der Waals surface area contributed by atoms with Crippen LogP contribution >= 0.6 is 35.8 Å². The van der Waals surface area contributed by atoms with Crippen molar-refractivity contribution in [2.45, 2.75) is 5.16 Å². The summed E-state index contributed by atoms with van der Waals surface area (Å²) in [6.45, 7) is 0. The van der Waals surface area contributed by atoms with Crippen LogP contribution < -0.4 is 5.32 Å². The number of ketones is 1. The summed E-state index contributed by atoms with van der Waals surface area (Å²) in [7, 11) is 0. The molecular weight excluding hydrogens is 393 g/mol. The maximum atomic E-state index is 12.7. The fourth-order valence-electron chi connectivity index (χ4n) is 2.21. The molecule has 1 amide bonds. The van der Waals surface area contributed by atoms with Gasteiger partial charge in [0.05, 0.1) is 11.4 Å². The van der Waals surface area contributed by atoms with Crippen LogP contribution in [0.1, 0.15) is 15.9 Å². The van der Waals surface area contributed by atoms with Gasteiger partial charge in [-0.05, 0) is 18.2 Å². The molecule has 2 aromatic carbocycles. The molecule has 0 saturated carbocycles. The van der Waals surface area contributed by atoms with Crippen LogP contribution in [-0.2, 0) is 4.79 Å². The summed E-state index contributed by atoms with van der Waals surface area (Å²) in [5.41, 5.74) is 1.32. The zero-order chi connectivity index (χ0) is 17.6.